The number of pyridine rings is 2. The van der Waals surface area contributed by atoms with Gasteiger partial charge in [0.1, 0.15) is 5.69 Å². The Labute approximate surface area is 175 Å². The molecular formula is C24H25N5O. The molecule has 6 nitrogen and oxygen atoms in total. The Kier molecular flexibility index (Phi) is 5.05. The lowest BCUT2D eigenvalue weighted by molar-refractivity contribution is 0.0956. The third kappa shape index (κ3) is 3.61. The van der Waals surface area contributed by atoms with Gasteiger partial charge in [0.25, 0.3) is 5.91 Å². The van der Waals surface area contributed by atoms with Gasteiger partial charge in [-0.3, -0.25) is 14.5 Å². The third-order valence-electron chi connectivity index (χ3n) is 5.88. The number of amides is 1. The average Bonchev–Trinajstić information content (AvgIpc) is 3.53. The molecule has 1 aliphatic rings. The first-order valence-corrected chi connectivity index (χ1v) is 10.6. The van der Waals surface area contributed by atoms with E-state index < -0.39 is 0 Å². The van der Waals surface area contributed by atoms with Crippen LogP contribution >= 0.6 is 0 Å². The summed E-state index contributed by atoms with van der Waals surface area (Å²) < 4.78 is 4.15. The van der Waals surface area contributed by atoms with Crippen molar-refractivity contribution in [2.75, 3.05) is 6.54 Å². The highest BCUT2D eigenvalue weighted by atomic mass is 16.1. The van der Waals surface area contributed by atoms with Crippen molar-refractivity contribution < 1.29 is 4.79 Å². The molecule has 5 rings (SSSR count). The summed E-state index contributed by atoms with van der Waals surface area (Å²) in [5.74, 6) is -0.0730. The molecule has 0 unspecified atom stereocenters. The summed E-state index contributed by atoms with van der Waals surface area (Å²) in [6.45, 7) is 0.547. The normalized spacial score (nSPS) is 14.4. The second-order valence-corrected chi connectivity index (χ2v) is 7.85. The summed E-state index contributed by atoms with van der Waals surface area (Å²) in [4.78, 5) is 17.2. The average molecular weight is 399 g/mol. The van der Waals surface area contributed by atoms with E-state index in [1.165, 1.54) is 25.7 Å². The van der Waals surface area contributed by atoms with Crippen LogP contribution in [0.4, 0.5) is 0 Å². The van der Waals surface area contributed by atoms with Crippen LogP contribution in [0.5, 0.6) is 0 Å². The van der Waals surface area contributed by atoms with E-state index in [-0.39, 0.29) is 5.91 Å². The molecule has 0 aliphatic heterocycles. The zero-order valence-corrected chi connectivity index (χ0v) is 16.9. The van der Waals surface area contributed by atoms with Gasteiger partial charge in [-0.1, -0.05) is 25.0 Å². The van der Waals surface area contributed by atoms with Gasteiger partial charge in [-0.25, -0.2) is 0 Å². The number of fused-ring (bicyclic) bond motifs is 1. The van der Waals surface area contributed by atoms with E-state index in [0.29, 0.717) is 24.6 Å². The van der Waals surface area contributed by atoms with Crippen molar-refractivity contribution in [3.63, 3.8) is 0 Å². The van der Waals surface area contributed by atoms with Crippen molar-refractivity contribution in [1.29, 1.82) is 0 Å². The molecule has 0 spiro atoms. The van der Waals surface area contributed by atoms with Crippen LogP contribution < -0.4 is 5.32 Å². The van der Waals surface area contributed by atoms with Crippen molar-refractivity contribution in [1.82, 2.24) is 24.5 Å². The number of hydrogen-bond donors (Lipinski definition) is 1. The topological polar surface area (TPSA) is 64.2 Å². The zero-order valence-electron chi connectivity index (χ0n) is 16.9. The molecule has 0 radical (unpaired) electrons. The molecule has 1 N–H and O–H groups in total. The number of carbonyl (C=O) groups excluding carboxylic acids is 1. The van der Waals surface area contributed by atoms with Crippen LogP contribution in [-0.2, 0) is 6.42 Å². The Balaban J connectivity index is 1.39. The van der Waals surface area contributed by atoms with Gasteiger partial charge in [0.05, 0.1) is 22.8 Å². The van der Waals surface area contributed by atoms with Gasteiger partial charge in [0.2, 0.25) is 0 Å². The van der Waals surface area contributed by atoms with Crippen LogP contribution in [-0.4, -0.2) is 31.6 Å². The number of nitrogens with one attached hydrogen (secondary N) is 1. The van der Waals surface area contributed by atoms with E-state index >= 15 is 0 Å². The fourth-order valence-electron chi connectivity index (χ4n) is 4.32. The molecule has 0 aromatic carbocycles. The lowest BCUT2D eigenvalue weighted by Gasteiger charge is -2.08. The molecule has 0 atom stereocenters. The number of hydrogen-bond acceptors (Lipinski definition) is 3. The minimum Gasteiger partial charge on any atom is -0.352 e. The summed E-state index contributed by atoms with van der Waals surface area (Å²) >= 11 is 0. The second-order valence-electron chi connectivity index (χ2n) is 7.85. The maximum atomic E-state index is 12.9. The molecule has 0 saturated heterocycles. The molecule has 1 fully saturated rings. The van der Waals surface area contributed by atoms with Gasteiger partial charge in [-0.05, 0) is 49.2 Å². The molecular weight excluding hydrogens is 374 g/mol. The largest absolute Gasteiger partial charge is 0.352 e. The third-order valence-corrected chi connectivity index (χ3v) is 5.88. The SMILES string of the molecule is O=C(NCCc1ccccn1)c1cc(-c2ccn(C3CCCC3)n2)n2ccccc12. The molecule has 1 amide bonds. The van der Waals surface area contributed by atoms with Crippen molar-refractivity contribution in [3.8, 4) is 11.4 Å². The van der Waals surface area contributed by atoms with Gasteiger partial charge in [-0.15, -0.1) is 0 Å². The first-order chi connectivity index (χ1) is 14.8. The molecule has 152 valence electrons. The molecule has 30 heavy (non-hydrogen) atoms. The van der Waals surface area contributed by atoms with E-state index in [2.05, 4.69) is 31.6 Å². The number of rotatable bonds is 6. The van der Waals surface area contributed by atoms with E-state index in [1.54, 1.807) is 6.20 Å². The predicted octanol–water partition coefficient (Wildman–Crippen LogP) is 4.29. The monoisotopic (exact) mass is 399 g/mol. The minimum absolute atomic E-state index is 0.0730. The van der Waals surface area contributed by atoms with Gasteiger partial charge < -0.3 is 9.72 Å². The molecule has 4 aromatic rings. The highest BCUT2D eigenvalue weighted by Crippen LogP contribution is 2.31. The molecule has 1 aliphatic carbocycles. The summed E-state index contributed by atoms with van der Waals surface area (Å²) in [6, 6.07) is 16.2. The minimum atomic E-state index is -0.0730. The van der Waals surface area contributed by atoms with Gasteiger partial charge >= 0.3 is 0 Å². The van der Waals surface area contributed by atoms with Crippen LogP contribution in [0.3, 0.4) is 0 Å². The number of aromatic nitrogens is 4. The van der Waals surface area contributed by atoms with Crippen LogP contribution in [0.25, 0.3) is 16.9 Å². The number of carbonyl (C=O) groups is 1. The summed E-state index contributed by atoms with van der Waals surface area (Å²) in [5, 5.41) is 7.88. The highest BCUT2D eigenvalue weighted by Gasteiger charge is 2.20. The number of nitrogens with zero attached hydrogens (tertiary/aromatic N) is 4. The Bertz CT molecular complexity index is 1150. The van der Waals surface area contributed by atoms with Gasteiger partial charge in [0.15, 0.2) is 0 Å². The summed E-state index contributed by atoms with van der Waals surface area (Å²) in [7, 11) is 0. The standard InChI is InChI=1S/C24H25N5O/c30-24(26-14-11-18-7-3-5-13-25-18)20-17-23(28-15-6-4-10-22(20)28)21-12-16-29(27-21)19-8-1-2-9-19/h3-7,10,12-13,15-17,19H,1-2,8-9,11,14H2,(H,26,30). The maximum Gasteiger partial charge on any atom is 0.253 e. The van der Waals surface area contributed by atoms with E-state index in [1.807, 2.05) is 48.7 Å². The molecule has 1 saturated carbocycles. The first-order valence-electron chi connectivity index (χ1n) is 10.6. The van der Waals surface area contributed by atoms with E-state index in [0.717, 1.165) is 22.6 Å². The Morgan fingerprint density at radius 3 is 2.77 bits per heavy atom. The summed E-state index contributed by atoms with van der Waals surface area (Å²) in [5.41, 5.74) is 4.37. The fourth-order valence-corrected chi connectivity index (χ4v) is 4.32. The zero-order chi connectivity index (χ0) is 20.3. The van der Waals surface area contributed by atoms with Gasteiger partial charge in [-0.2, -0.15) is 5.10 Å². The molecule has 6 heteroatoms. The quantitative estimate of drug-likeness (QED) is 0.526. The van der Waals surface area contributed by atoms with Crippen LogP contribution in [0.1, 0.15) is 47.8 Å². The van der Waals surface area contributed by atoms with Crippen molar-refractivity contribution >= 4 is 11.4 Å². The van der Waals surface area contributed by atoms with Crippen LogP contribution in [0.2, 0.25) is 0 Å². The lowest BCUT2D eigenvalue weighted by atomic mass is 10.2. The smallest absolute Gasteiger partial charge is 0.253 e. The van der Waals surface area contributed by atoms with Crippen LogP contribution in [0.15, 0.2) is 67.1 Å². The maximum absolute atomic E-state index is 12.9. The van der Waals surface area contributed by atoms with Crippen molar-refractivity contribution in [2.24, 2.45) is 0 Å². The van der Waals surface area contributed by atoms with E-state index in [9.17, 15) is 4.79 Å². The van der Waals surface area contributed by atoms with E-state index in [4.69, 9.17) is 5.10 Å². The summed E-state index contributed by atoms with van der Waals surface area (Å²) in [6.07, 6.45) is 11.5. The van der Waals surface area contributed by atoms with Crippen LogP contribution in [0, 0.1) is 0 Å². The second kappa shape index (κ2) is 8.14. The molecule has 4 aromatic heterocycles. The Morgan fingerprint density at radius 1 is 1.07 bits per heavy atom. The molecule has 4 heterocycles. The van der Waals surface area contributed by atoms with Gasteiger partial charge in [0, 0.05) is 37.3 Å². The Morgan fingerprint density at radius 2 is 1.93 bits per heavy atom. The van der Waals surface area contributed by atoms with Crippen molar-refractivity contribution in [2.45, 2.75) is 38.1 Å². The van der Waals surface area contributed by atoms with Crippen molar-refractivity contribution in [3.05, 3.63) is 78.4 Å². The predicted molar refractivity (Wildman–Crippen MR) is 116 cm³/mol. The fraction of sp³-hybridized carbons (Fsp3) is 0.292. The first kappa shape index (κ1) is 18.6. The lowest BCUT2D eigenvalue weighted by Crippen LogP contribution is -2.25. The Hall–Kier alpha value is -3.41. The molecule has 0 bridgehead atoms. The highest BCUT2D eigenvalue weighted by molar-refractivity contribution is 6.02.